The second-order valence-corrected chi connectivity index (χ2v) is 11.5. The van der Waals surface area contributed by atoms with Gasteiger partial charge in [-0.1, -0.05) is 31.2 Å². The molecule has 0 radical (unpaired) electrons. The molecule has 0 atom stereocenters. The Morgan fingerprint density at radius 1 is 1.39 bits per heavy atom. The summed E-state index contributed by atoms with van der Waals surface area (Å²) < 4.78 is 7.49. The first-order valence-electron chi connectivity index (χ1n) is 6.01. The van der Waals surface area contributed by atoms with Crippen molar-refractivity contribution < 1.29 is 4.74 Å². The number of pyridine rings is 1. The first-order chi connectivity index (χ1) is 8.47. The van der Waals surface area contributed by atoms with E-state index in [-0.39, 0.29) is 0 Å². The molecule has 0 N–H and O–H groups in total. The van der Waals surface area contributed by atoms with E-state index in [4.69, 9.17) is 16.3 Å². The maximum atomic E-state index is 5.99. The van der Waals surface area contributed by atoms with Crippen LogP contribution < -0.4 is 0 Å². The fourth-order valence-electron chi connectivity index (χ4n) is 1.60. The number of aromatic nitrogens is 3. The Morgan fingerprint density at radius 2 is 2.17 bits per heavy atom. The lowest BCUT2D eigenvalue weighted by molar-refractivity contribution is 0.0817. The van der Waals surface area contributed by atoms with Crippen molar-refractivity contribution in [1.82, 2.24) is 14.8 Å². The number of hydrogen-bond acceptors (Lipinski definition) is 3. The van der Waals surface area contributed by atoms with Crippen LogP contribution in [0.4, 0.5) is 0 Å². The lowest BCUT2D eigenvalue weighted by atomic mass is 10.3. The van der Waals surface area contributed by atoms with Gasteiger partial charge in [0.2, 0.25) is 0 Å². The van der Waals surface area contributed by atoms with Crippen molar-refractivity contribution in [3.63, 3.8) is 0 Å². The molecule has 0 aliphatic rings. The number of fused-ring (bicyclic) bond motifs is 1. The predicted molar refractivity (Wildman–Crippen MR) is 76.6 cm³/mol. The lowest BCUT2D eigenvalue weighted by Gasteiger charge is -2.15. The molecule has 0 bridgehead atoms. The molecule has 6 heteroatoms. The Balaban J connectivity index is 1.98. The fourth-order valence-corrected chi connectivity index (χ4v) is 2.56. The summed E-state index contributed by atoms with van der Waals surface area (Å²) in [6.45, 7) is 8.27. The van der Waals surface area contributed by atoms with Gasteiger partial charge in [-0.15, -0.1) is 0 Å². The quantitative estimate of drug-likeness (QED) is 0.480. The molecule has 0 unspecified atom stereocenters. The highest BCUT2D eigenvalue weighted by Crippen LogP contribution is 2.20. The molecule has 0 aromatic carbocycles. The van der Waals surface area contributed by atoms with E-state index in [2.05, 4.69) is 29.7 Å². The van der Waals surface area contributed by atoms with Gasteiger partial charge in [0.25, 0.3) is 0 Å². The van der Waals surface area contributed by atoms with Crippen LogP contribution in [0.1, 0.15) is 0 Å². The van der Waals surface area contributed by atoms with Crippen LogP contribution >= 0.6 is 11.6 Å². The largest absolute Gasteiger partial charge is 0.360 e. The van der Waals surface area contributed by atoms with E-state index in [1.165, 1.54) is 0 Å². The Labute approximate surface area is 113 Å². The Kier molecular flexibility index (Phi) is 4.04. The maximum Gasteiger partial charge on any atom is 0.139 e. The van der Waals surface area contributed by atoms with E-state index < -0.39 is 8.07 Å². The van der Waals surface area contributed by atoms with E-state index in [1.807, 2.05) is 10.7 Å². The molecule has 0 saturated heterocycles. The first kappa shape index (κ1) is 13.5. The topological polar surface area (TPSA) is 39.9 Å². The third kappa shape index (κ3) is 3.31. The van der Waals surface area contributed by atoms with E-state index in [0.29, 0.717) is 11.9 Å². The first-order valence-corrected chi connectivity index (χ1v) is 10.1. The second-order valence-electron chi connectivity index (χ2n) is 5.53. The number of nitrogens with zero attached hydrogens (tertiary/aromatic N) is 3. The minimum absolute atomic E-state index is 0.467. The SMILES string of the molecule is C[Si](C)(C)CCOCn1ncc2c(Cl)nccc21. The normalized spacial score (nSPS) is 12.2. The van der Waals surface area contributed by atoms with Crippen LogP contribution in [0.25, 0.3) is 10.9 Å². The van der Waals surface area contributed by atoms with Crippen LogP contribution in [0.2, 0.25) is 30.8 Å². The summed E-state index contributed by atoms with van der Waals surface area (Å²) in [6, 6.07) is 3.06. The standard InChI is InChI=1S/C12H18ClN3OSi/c1-18(2,3)7-6-17-9-16-11-4-5-14-12(13)10(11)8-15-16/h4-5,8H,6-7,9H2,1-3H3. The van der Waals surface area contributed by atoms with Gasteiger partial charge in [-0.2, -0.15) is 5.10 Å². The monoisotopic (exact) mass is 283 g/mol. The second kappa shape index (κ2) is 5.38. The molecule has 2 rings (SSSR count). The molecule has 0 aliphatic heterocycles. The van der Waals surface area contributed by atoms with Crippen molar-refractivity contribution >= 4 is 30.6 Å². The molecule has 0 amide bonds. The highest BCUT2D eigenvalue weighted by molar-refractivity contribution is 6.76. The molecule has 0 saturated carbocycles. The van der Waals surface area contributed by atoms with Crippen LogP contribution in [0.15, 0.2) is 18.5 Å². The van der Waals surface area contributed by atoms with Crippen LogP contribution in [-0.2, 0) is 11.5 Å². The lowest BCUT2D eigenvalue weighted by Crippen LogP contribution is -2.22. The number of ether oxygens (including phenoxy) is 1. The predicted octanol–water partition coefficient (Wildman–Crippen LogP) is 3.40. The van der Waals surface area contributed by atoms with E-state index in [0.717, 1.165) is 23.6 Å². The molecule has 2 aromatic heterocycles. The summed E-state index contributed by atoms with van der Waals surface area (Å²) in [7, 11) is -1.03. The molecule has 4 nitrogen and oxygen atoms in total. The molecule has 0 spiro atoms. The molecule has 0 fully saturated rings. The van der Waals surface area contributed by atoms with Gasteiger partial charge >= 0.3 is 0 Å². The highest BCUT2D eigenvalue weighted by Gasteiger charge is 2.12. The van der Waals surface area contributed by atoms with E-state index in [1.54, 1.807) is 12.4 Å². The zero-order chi connectivity index (χ0) is 13.2. The molecular formula is C12H18ClN3OSi. The fraction of sp³-hybridized carbons (Fsp3) is 0.500. The zero-order valence-corrected chi connectivity index (χ0v) is 12.7. The summed E-state index contributed by atoms with van der Waals surface area (Å²) in [4.78, 5) is 4.03. The summed E-state index contributed by atoms with van der Waals surface area (Å²) in [5.41, 5.74) is 0.961. The van der Waals surface area contributed by atoms with Gasteiger partial charge in [0.15, 0.2) is 0 Å². The van der Waals surface area contributed by atoms with E-state index in [9.17, 15) is 0 Å². The van der Waals surface area contributed by atoms with Crippen LogP contribution in [0, 0.1) is 0 Å². The molecule has 98 valence electrons. The van der Waals surface area contributed by atoms with Gasteiger partial charge in [-0.05, 0) is 12.1 Å². The third-order valence-corrected chi connectivity index (χ3v) is 4.74. The van der Waals surface area contributed by atoms with Gasteiger partial charge in [0.05, 0.1) is 17.1 Å². The average Bonchev–Trinajstić information content (AvgIpc) is 2.68. The van der Waals surface area contributed by atoms with Gasteiger partial charge in [0.1, 0.15) is 11.9 Å². The van der Waals surface area contributed by atoms with Crippen molar-refractivity contribution in [3.05, 3.63) is 23.6 Å². The van der Waals surface area contributed by atoms with Crippen LogP contribution in [0.5, 0.6) is 0 Å². The summed E-state index contributed by atoms with van der Waals surface area (Å²) in [5, 5.41) is 5.62. The molecule has 18 heavy (non-hydrogen) atoms. The van der Waals surface area contributed by atoms with Crippen LogP contribution in [-0.4, -0.2) is 29.4 Å². The molecular weight excluding hydrogens is 266 g/mol. The number of hydrogen-bond donors (Lipinski definition) is 0. The minimum atomic E-state index is -1.03. The molecule has 2 heterocycles. The van der Waals surface area contributed by atoms with Crippen molar-refractivity contribution in [2.75, 3.05) is 6.61 Å². The van der Waals surface area contributed by atoms with Crippen molar-refractivity contribution in [3.8, 4) is 0 Å². The van der Waals surface area contributed by atoms with Crippen molar-refractivity contribution in [1.29, 1.82) is 0 Å². The van der Waals surface area contributed by atoms with Crippen LogP contribution in [0.3, 0.4) is 0 Å². The van der Waals surface area contributed by atoms with Crippen molar-refractivity contribution in [2.45, 2.75) is 32.4 Å². The van der Waals surface area contributed by atoms with Gasteiger partial charge in [-0.3, -0.25) is 0 Å². The van der Waals surface area contributed by atoms with Gasteiger partial charge in [-0.25, -0.2) is 9.67 Å². The highest BCUT2D eigenvalue weighted by atomic mass is 35.5. The van der Waals surface area contributed by atoms with Gasteiger partial charge in [0, 0.05) is 20.9 Å². The van der Waals surface area contributed by atoms with Crippen molar-refractivity contribution in [2.24, 2.45) is 0 Å². The Hall–Kier alpha value is -0.913. The Morgan fingerprint density at radius 3 is 2.89 bits per heavy atom. The minimum Gasteiger partial charge on any atom is -0.360 e. The molecule has 0 aliphatic carbocycles. The smallest absolute Gasteiger partial charge is 0.139 e. The summed E-state index contributed by atoms with van der Waals surface area (Å²) in [5.74, 6) is 0. The molecule has 2 aromatic rings. The summed E-state index contributed by atoms with van der Waals surface area (Å²) >= 11 is 5.99. The number of halogens is 1. The average molecular weight is 284 g/mol. The van der Waals surface area contributed by atoms with Gasteiger partial charge < -0.3 is 4.74 Å². The number of rotatable bonds is 5. The maximum absolute atomic E-state index is 5.99. The third-order valence-electron chi connectivity index (χ3n) is 2.73. The summed E-state index contributed by atoms with van der Waals surface area (Å²) in [6.07, 6.45) is 3.41. The zero-order valence-electron chi connectivity index (χ0n) is 11.0. The Bertz CT molecular complexity index is 536. The van der Waals surface area contributed by atoms with E-state index >= 15 is 0 Å².